The van der Waals surface area contributed by atoms with E-state index in [0.29, 0.717) is 36.0 Å². The second-order valence-corrected chi connectivity index (χ2v) is 7.36. The van der Waals surface area contributed by atoms with Gasteiger partial charge in [0, 0.05) is 25.4 Å². The highest BCUT2D eigenvalue weighted by atomic mass is 16.5. The van der Waals surface area contributed by atoms with Crippen LogP contribution in [0.3, 0.4) is 0 Å². The number of carbonyl (C=O) groups excluding carboxylic acids is 1. The molecule has 5 heteroatoms. The highest BCUT2D eigenvalue weighted by Crippen LogP contribution is 2.42. The van der Waals surface area contributed by atoms with Crippen LogP contribution >= 0.6 is 0 Å². The van der Waals surface area contributed by atoms with E-state index < -0.39 is 0 Å². The Labute approximate surface area is 169 Å². The van der Waals surface area contributed by atoms with Gasteiger partial charge in [0.1, 0.15) is 18.2 Å². The SMILES string of the molecule is Cc1ccc(CN2COc3ccc4c(c3C2)O/C(=C\c2ccccn2)C4=O)cc1. The van der Waals surface area contributed by atoms with Crippen molar-refractivity contribution in [2.45, 2.75) is 20.0 Å². The first-order valence-corrected chi connectivity index (χ1v) is 9.59. The molecule has 0 saturated carbocycles. The van der Waals surface area contributed by atoms with E-state index in [9.17, 15) is 4.79 Å². The summed E-state index contributed by atoms with van der Waals surface area (Å²) in [7, 11) is 0. The molecule has 2 aliphatic rings. The molecule has 1 aromatic heterocycles. The van der Waals surface area contributed by atoms with Crippen molar-refractivity contribution in [1.29, 1.82) is 0 Å². The lowest BCUT2D eigenvalue weighted by molar-refractivity contribution is 0.0873. The Morgan fingerprint density at radius 3 is 2.76 bits per heavy atom. The molecule has 0 bridgehead atoms. The molecule has 0 spiro atoms. The number of aromatic nitrogens is 1. The van der Waals surface area contributed by atoms with Crippen LogP contribution in [0.5, 0.6) is 11.5 Å². The van der Waals surface area contributed by atoms with Crippen molar-refractivity contribution in [3.63, 3.8) is 0 Å². The number of carbonyl (C=O) groups is 1. The third kappa shape index (κ3) is 3.41. The highest BCUT2D eigenvalue weighted by molar-refractivity contribution is 6.14. The van der Waals surface area contributed by atoms with Gasteiger partial charge >= 0.3 is 0 Å². The summed E-state index contributed by atoms with van der Waals surface area (Å²) in [6, 6.07) is 17.7. The average Bonchev–Trinajstić information content (AvgIpc) is 3.06. The molecule has 3 heterocycles. The topological polar surface area (TPSA) is 51.7 Å². The van der Waals surface area contributed by atoms with Crippen LogP contribution in [0.2, 0.25) is 0 Å². The Hall–Kier alpha value is -3.44. The predicted molar refractivity (Wildman–Crippen MR) is 110 cm³/mol. The molecule has 0 fully saturated rings. The van der Waals surface area contributed by atoms with E-state index in [1.165, 1.54) is 11.1 Å². The summed E-state index contributed by atoms with van der Waals surface area (Å²) in [6.45, 7) is 4.02. The monoisotopic (exact) mass is 384 g/mol. The van der Waals surface area contributed by atoms with Gasteiger partial charge in [0.15, 0.2) is 5.76 Å². The van der Waals surface area contributed by atoms with Crippen LogP contribution in [0.15, 0.2) is 66.6 Å². The Morgan fingerprint density at radius 2 is 1.97 bits per heavy atom. The number of ketones is 1. The average molecular weight is 384 g/mol. The maximum absolute atomic E-state index is 12.8. The van der Waals surface area contributed by atoms with Crippen LogP contribution in [-0.2, 0) is 13.1 Å². The number of ether oxygens (including phenoxy) is 2. The van der Waals surface area contributed by atoms with Crippen LogP contribution in [-0.4, -0.2) is 22.4 Å². The summed E-state index contributed by atoms with van der Waals surface area (Å²) in [5.41, 5.74) is 4.65. The molecule has 0 N–H and O–H groups in total. The number of nitrogens with zero attached hydrogens (tertiary/aromatic N) is 2. The molecule has 0 amide bonds. The number of hydrogen-bond donors (Lipinski definition) is 0. The second-order valence-electron chi connectivity index (χ2n) is 7.36. The minimum atomic E-state index is -0.121. The molecule has 0 aliphatic carbocycles. The number of allylic oxidation sites excluding steroid dienone is 1. The summed E-state index contributed by atoms with van der Waals surface area (Å²) >= 11 is 0. The zero-order valence-electron chi connectivity index (χ0n) is 16.1. The molecule has 29 heavy (non-hydrogen) atoms. The fourth-order valence-electron chi connectivity index (χ4n) is 3.65. The molecule has 2 aromatic carbocycles. The number of benzene rings is 2. The molecule has 2 aliphatic heterocycles. The summed E-state index contributed by atoms with van der Waals surface area (Å²) < 4.78 is 11.9. The van der Waals surface area contributed by atoms with E-state index in [0.717, 1.165) is 17.9 Å². The third-order valence-electron chi connectivity index (χ3n) is 5.18. The van der Waals surface area contributed by atoms with Crippen molar-refractivity contribution >= 4 is 11.9 Å². The van der Waals surface area contributed by atoms with Gasteiger partial charge in [-0.25, -0.2) is 0 Å². The molecule has 0 radical (unpaired) electrons. The van der Waals surface area contributed by atoms with Gasteiger partial charge in [0.2, 0.25) is 5.78 Å². The lowest BCUT2D eigenvalue weighted by atomic mass is 10.0. The van der Waals surface area contributed by atoms with E-state index in [4.69, 9.17) is 9.47 Å². The zero-order valence-corrected chi connectivity index (χ0v) is 16.1. The van der Waals surface area contributed by atoms with Crippen molar-refractivity contribution < 1.29 is 14.3 Å². The third-order valence-corrected chi connectivity index (χ3v) is 5.18. The largest absolute Gasteiger partial charge is 0.478 e. The van der Waals surface area contributed by atoms with Gasteiger partial charge in [-0.1, -0.05) is 35.9 Å². The Balaban J connectivity index is 1.42. The standard InChI is InChI=1S/C24H20N2O3/c1-16-5-7-17(8-6-16)13-26-14-20-21(28-15-26)10-9-19-23(27)22(29-24(19)20)12-18-4-2-3-11-25-18/h2-12H,13-15H2,1H3/b22-12-. The van der Waals surface area contributed by atoms with Crippen LogP contribution < -0.4 is 9.47 Å². The quantitative estimate of drug-likeness (QED) is 0.628. The van der Waals surface area contributed by atoms with Gasteiger partial charge in [-0.2, -0.15) is 0 Å². The number of rotatable bonds is 3. The Morgan fingerprint density at radius 1 is 1.10 bits per heavy atom. The summed E-state index contributed by atoms with van der Waals surface area (Å²) in [6.07, 6.45) is 3.38. The summed E-state index contributed by atoms with van der Waals surface area (Å²) in [4.78, 5) is 19.3. The fourth-order valence-corrected chi connectivity index (χ4v) is 3.65. The number of hydrogen-bond acceptors (Lipinski definition) is 5. The number of fused-ring (bicyclic) bond motifs is 3. The summed E-state index contributed by atoms with van der Waals surface area (Å²) in [5.74, 6) is 1.55. The van der Waals surface area contributed by atoms with E-state index in [2.05, 4.69) is 41.1 Å². The van der Waals surface area contributed by atoms with Gasteiger partial charge in [0.05, 0.1) is 16.8 Å². The van der Waals surface area contributed by atoms with Gasteiger partial charge < -0.3 is 9.47 Å². The molecular formula is C24H20N2O3. The molecule has 0 unspecified atom stereocenters. The first-order valence-electron chi connectivity index (χ1n) is 9.59. The second kappa shape index (κ2) is 7.18. The maximum atomic E-state index is 12.8. The molecule has 5 rings (SSSR count). The Bertz CT molecular complexity index is 1100. The molecule has 5 nitrogen and oxygen atoms in total. The van der Waals surface area contributed by atoms with Gasteiger partial charge in [-0.05, 0) is 36.8 Å². The van der Waals surface area contributed by atoms with E-state index in [1.807, 2.05) is 24.3 Å². The van der Waals surface area contributed by atoms with Crippen molar-refractivity contribution in [1.82, 2.24) is 9.88 Å². The molecule has 144 valence electrons. The van der Waals surface area contributed by atoms with Crippen LogP contribution in [0.25, 0.3) is 6.08 Å². The van der Waals surface area contributed by atoms with E-state index in [-0.39, 0.29) is 5.78 Å². The summed E-state index contributed by atoms with van der Waals surface area (Å²) in [5, 5.41) is 0. The normalized spacial score (nSPS) is 16.9. The van der Waals surface area contributed by atoms with Crippen LogP contribution in [0.4, 0.5) is 0 Å². The smallest absolute Gasteiger partial charge is 0.232 e. The van der Waals surface area contributed by atoms with Crippen molar-refractivity contribution in [3.8, 4) is 11.5 Å². The molecular weight excluding hydrogens is 364 g/mol. The minimum Gasteiger partial charge on any atom is -0.478 e. The number of aryl methyl sites for hydroxylation is 1. The molecule has 3 aromatic rings. The zero-order chi connectivity index (χ0) is 19.8. The van der Waals surface area contributed by atoms with Crippen LogP contribution in [0.1, 0.15) is 32.7 Å². The molecule has 0 atom stereocenters. The Kier molecular flexibility index (Phi) is 4.37. The number of pyridine rings is 1. The van der Waals surface area contributed by atoms with Gasteiger partial charge in [-0.15, -0.1) is 0 Å². The van der Waals surface area contributed by atoms with Crippen molar-refractivity contribution in [2.24, 2.45) is 0 Å². The van der Waals surface area contributed by atoms with Crippen LogP contribution in [0, 0.1) is 6.92 Å². The van der Waals surface area contributed by atoms with E-state index in [1.54, 1.807) is 18.3 Å². The van der Waals surface area contributed by atoms with Crippen molar-refractivity contribution in [3.05, 3.63) is 94.5 Å². The lowest BCUT2D eigenvalue weighted by Crippen LogP contribution is -2.31. The van der Waals surface area contributed by atoms with Gasteiger partial charge in [0.25, 0.3) is 0 Å². The first-order chi connectivity index (χ1) is 14.2. The fraction of sp³-hybridized carbons (Fsp3) is 0.167. The van der Waals surface area contributed by atoms with E-state index >= 15 is 0 Å². The first kappa shape index (κ1) is 17.6. The van der Waals surface area contributed by atoms with Gasteiger partial charge in [-0.3, -0.25) is 14.7 Å². The highest BCUT2D eigenvalue weighted by Gasteiger charge is 2.33. The van der Waals surface area contributed by atoms with Crippen molar-refractivity contribution in [2.75, 3.05) is 6.73 Å². The lowest BCUT2D eigenvalue weighted by Gasteiger charge is -2.29. The molecule has 0 saturated heterocycles. The number of Topliss-reactive ketones (excluding diaryl/α,β-unsaturated/α-hetero) is 1. The minimum absolute atomic E-state index is 0.121. The maximum Gasteiger partial charge on any atom is 0.232 e. The predicted octanol–water partition coefficient (Wildman–Crippen LogP) is 4.36.